The molecule has 3 nitrogen and oxygen atoms in total. The zero-order valence-electron chi connectivity index (χ0n) is 11.1. The molecule has 1 atom stereocenters. The molecule has 3 N–H and O–H groups in total. The van der Waals surface area contributed by atoms with Gasteiger partial charge in [0.2, 0.25) is 0 Å². The fourth-order valence-corrected chi connectivity index (χ4v) is 1.76. The van der Waals surface area contributed by atoms with E-state index in [0.29, 0.717) is 0 Å². The summed E-state index contributed by atoms with van der Waals surface area (Å²) in [4.78, 5) is 0. The van der Waals surface area contributed by atoms with E-state index < -0.39 is 5.85 Å². The predicted molar refractivity (Wildman–Crippen MR) is 74.1 cm³/mol. The van der Waals surface area contributed by atoms with Crippen LogP contribution in [0.3, 0.4) is 0 Å². The van der Waals surface area contributed by atoms with E-state index in [1.807, 2.05) is 24.3 Å². The highest BCUT2D eigenvalue weighted by Crippen LogP contribution is 2.25. The van der Waals surface area contributed by atoms with Crippen molar-refractivity contribution < 1.29 is 4.74 Å². The second-order valence-electron chi connectivity index (χ2n) is 5.53. The van der Waals surface area contributed by atoms with Crippen LogP contribution in [0, 0.1) is 0 Å². The van der Waals surface area contributed by atoms with Gasteiger partial charge in [-0.15, -0.1) is 0 Å². The summed E-state index contributed by atoms with van der Waals surface area (Å²) in [5.41, 5.74) is 7.46. The number of benzene rings is 1. The second kappa shape index (κ2) is 4.50. The van der Waals surface area contributed by atoms with Crippen molar-refractivity contribution in [3.05, 3.63) is 54.3 Å². The molecule has 1 unspecified atom stereocenters. The van der Waals surface area contributed by atoms with Gasteiger partial charge in [0.05, 0.1) is 0 Å². The number of nitrogens with one attached hydrogen (secondary N) is 1. The maximum absolute atomic E-state index is 6.04. The van der Waals surface area contributed by atoms with Gasteiger partial charge in [0.1, 0.15) is 5.75 Å². The topological polar surface area (TPSA) is 47.3 Å². The fraction of sp³-hybridized carbons (Fsp3) is 0.333. The van der Waals surface area contributed by atoms with E-state index >= 15 is 0 Å². The largest absolute Gasteiger partial charge is 0.451 e. The number of allylic oxidation sites excluding steroid dienone is 2. The Morgan fingerprint density at radius 1 is 1.11 bits per heavy atom. The predicted octanol–water partition coefficient (Wildman–Crippen LogP) is 2.65. The lowest BCUT2D eigenvalue weighted by Crippen LogP contribution is -2.55. The van der Waals surface area contributed by atoms with E-state index in [9.17, 15) is 0 Å². The maximum Gasteiger partial charge on any atom is 0.255 e. The molecule has 1 aliphatic heterocycles. The molecule has 0 bridgehead atoms. The summed E-state index contributed by atoms with van der Waals surface area (Å²) in [5, 5.41) is 2.98. The number of hydrogen-bond acceptors (Lipinski definition) is 3. The minimum absolute atomic E-state index is 0.144. The molecule has 2 rings (SSSR count). The quantitative estimate of drug-likeness (QED) is 0.786. The smallest absolute Gasteiger partial charge is 0.255 e. The van der Waals surface area contributed by atoms with E-state index in [0.717, 1.165) is 5.75 Å². The molecular weight excluding hydrogens is 224 g/mol. The minimum atomic E-state index is -0.960. The van der Waals surface area contributed by atoms with Gasteiger partial charge in [-0.05, 0) is 35.3 Å². The average Bonchev–Trinajstić information content (AvgIpc) is 2.29. The van der Waals surface area contributed by atoms with Crippen LogP contribution in [0.1, 0.15) is 26.3 Å². The Labute approximate surface area is 108 Å². The molecule has 3 heteroatoms. The van der Waals surface area contributed by atoms with Gasteiger partial charge in [0, 0.05) is 6.20 Å². The molecule has 0 amide bonds. The first-order valence-corrected chi connectivity index (χ1v) is 6.10. The molecule has 0 saturated carbocycles. The number of dihydropyridines is 1. The lowest BCUT2D eigenvalue weighted by atomic mass is 9.87. The molecule has 96 valence electrons. The van der Waals surface area contributed by atoms with Crippen LogP contribution in [0.15, 0.2) is 48.7 Å². The Morgan fingerprint density at radius 2 is 1.78 bits per heavy atom. The van der Waals surface area contributed by atoms with Gasteiger partial charge in [0.25, 0.3) is 5.85 Å². The lowest BCUT2D eigenvalue weighted by Gasteiger charge is -2.29. The van der Waals surface area contributed by atoms with Crippen LogP contribution in [0.2, 0.25) is 0 Å². The SMILES string of the molecule is CC(C)(C)c1ccc(OC2(N)C=CC=CN2)cc1. The highest BCUT2D eigenvalue weighted by molar-refractivity contribution is 5.32. The molecule has 18 heavy (non-hydrogen) atoms. The molecule has 1 aromatic carbocycles. The van der Waals surface area contributed by atoms with Crippen LogP contribution in [-0.4, -0.2) is 5.85 Å². The van der Waals surface area contributed by atoms with Crippen LogP contribution in [0.25, 0.3) is 0 Å². The van der Waals surface area contributed by atoms with Crippen molar-refractivity contribution in [2.75, 3.05) is 0 Å². The molecule has 1 heterocycles. The first-order valence-electron chi connectivity index (χ1n) is 6.10. The first kappa shape index (κ1) is 12.7. The number of rotatable bonds is 2. The third kappa shape index (κ3) is 2.93. The summed E-state index contributed by atoms with van der Waals surface area (Å²) >= 11 is 0. The highest BCUT2D eigenvalue weighted by atomic mass is 16.5. The van der Waals surface area contributed by atoms with Crippen LogP contribution in [0.4, 0.5) is 0 Å². The zero-order chi connectivity index (χ0) is 13.2. The van der Waals surface area contributed by atoms with Crippen LogP contribution in [-0.2, 0) is 5.41 Å². The summed E-state index contributed by atoms with van der Waals surface area (Å²) in [6.07, 6.45) is 7.28. The third-order valence-electron chi connectivity index (χ3n) is 2.87. The fourth-order valence-electron chi connectivity index (χ4n) is 1.76. The van der Waals surface area contributed by atoms with Gasteiger partial charge in [-0.3, -0.25) is 5.73 Å². The Hall–Kier alpha value is -1.74. The first-order chi connectivity index (χ1) is 8.39. The molecule has 0 aromatic heterocycles. The number of hydrogen-bond donors (Lipinski definition) is 2. The minimum Gasteiger partial charge on any atom is -0.451 e. The summed E-state index contributed by atoms with van der Waals surface area (Å²) in [6, 6.07) is 8.04. The summed E-state index contributed by atoms with van der Waals surface area (Å²) in [5.74, 6) is -0.212. The zero-order valence-corrected chi connectivity index (χ0v) is 11.1. The Kier molecular flexibility index (Phi) is 3.18. The van der Waals surface area contributed by atoms with Gasteiger partial charge >= 0.3 is 0 Å². The van der Waals surface area contributed by atoms with Gasteiger partial charge in [-0.25, -0.2) is 0 Å². The van der Waals surface area contributed by atoms with Crippen molar-refractivity contribution in [2.45, 2.75) is 32.0 Å². The molecule has 0 spiro atoms. The Balaban J connectivity index is 2.11. The number of nitrogens with two attached hydrogens (primary N) is 1. The monoisotopic (exact) mass is 244 g/mol. The molecular formula is C15H20N2O. The second-order valence-corrected chi connectivity index (χ2v) is 5.53. The number of ether oxygens (including phenoxy) is 1. The van der Waals surface area contributed by atoms with Crippen molar-refractivity contribution in [3.63, 3.8) is 0 Å². The van der Waals surface area contributed by atoms with Crippen molar-refractivity contribution in [2.24, 2.45) is 5.73 Å². The van der Waals surface area contributed by atoms with Crippen LogP contribution in [0.5, 0.6) is 5.75 Å². The van der Waals surface area contributed by atoms with E-state index in [4.69, 9.17) is 10.5 Å². The van der Waals surface area contributed by atoms with E-state index in [-0.39, 0.29) is 5.41 Å². The van der Waals surface area contributed by atoms with Crippen molar-refractivity contribution in [1.82, 2.24) is 5.32 Å². The highest BCUT2D eigenvalue weighted by Gasteiger charge is 2.23. The average molecular weight is 244 g/mol. The molecule has 0 fully saturated rings. The molecule has 0 saturated heterocycles. The van der Waals surface area contributed by atoms with Crippen molar-refractivity contribution in [3.8, 4) is 5.75 Å². The molecule has 0 radical (unpaired) electrons. The van der Waals surface area contributed by atoms with Gasteiger partial charge in [0.15, 0.2) is 0 Å². The third-order valence-corrected chi connectivity index (χ3v) is 2.87. The Morgan fingerprint density at radius 3 is 2.28 bits per heavy atom. The van der Waals surface area contributed by atoms with Gasteiger partial charge < -0.3 is 10.1 Å². The normalized spacial score (nSPS) is 22.7. The van der Waals surface area contributed by atoms with Crippen LogP contribution >= 0.6 is 0 Å². The molecule has 0 aliphatic carbocycles. The van der Waals surface area contributed by atoms with E-state index in [1.165, 1.54) is 5.56 Å². The summed E-state index contributed by atoms with van der Waals surface area (Å²) in [6.45, 7) is 6.55. The molecule has 1 aromatic rings. The summed E-state index contributed by atoms with van der Waals surface area (Å²) in [7, 11) is 0. The lowest BCUT2D eigenvalue weighted by molar-refractivity contribution is 0.103. The van der Waals surface area contributed by atoms with E-state index in [2.05, 4.69) is 38.2 Å². The van der Waals surface area contributed by atoms with Crippen molar-refractivity contribution in [1.29, 1.82) is 0 Å². The maximum atomic E-state index is 6.04. The Bertz CT molecular complexity index is 468. The summed E-state index contributed by atoms with van der Waals surface area (Å²) < 4.78 is 5.74. The van der Waals surface area contributed by atoms with Gasteiger partial charge in [-0.2, -0.15) is 0 Å². The van der Waals surface area contributed by atoms with Crippen LogP contribution < -0.4 is 15.8 Å². The molecule has 1 aliphatic rings. The van der Waals surface area contributed by atoms with Crippen molar-refractivity contribution >= 4 is 0 Å². The van der Waals surface area contributed by atoms with E-state index in [1.54, 1.807) is 12.3 Å². The standard InChI is InChI=1S/C15H20N2O/c1-14(2,3)12-6-8-13(9-7-12)18-15(16)10-4-5-11-17-15/h4-11,17H,16H2,1-3H3. The van der Waals surface area contributed by atoms with Gasteiger partial charge in [-0.1, -0.05) is 39.0 Å².